The molecule has 0 unspecified atom stereocenters. The molecule has 1 aromatic heterocycles. The molecule has 0 amide bonds. The van der Waals surface area contributed by atoms with Crippen molar-refractivity contribution in [1.82, 2.24) is 9.55 Å². The fraction of sp³-hybridized carbons (Fsp3) is 0.381. The lowest BCUT2D eigenvalue weighted by Crippen LogP contribution is -2.15. The van der Waals surface area contributed by atoms with Gasteiger partial charge < -0.3 is 14.0 Å². The van der Waals surface area contributed by atoms with Crippen LogP contribution in [0.25, 0.3) is 11.0 Å². The molecule has 0 fully saturated rings. The number of ether oxygens (including phenoxy) is 2. The smallest absolute Gasteiger partial charge is 0.123 e. The van der Waals surface area contributed by atoms with Crippen molar-refractivity contribution in [2.45, 2.75) is 32.7 Å². The van der Waals surface area contributed by atoms with Crippen LogP contribution in [0.4, 0.5) is 0 Å². The van der Waals surface area contributed by atoms with Gasteiger partial charge in [-0.25, -0.2) is 4.98 Å². The Labute approximate surface area is 149 Å². The van der Waals surface area contributed by atoms with Gasteiger partial charge in [-0.1, -0.05) is 51.1 Å². The van der Waals surface area contributed by atoms with Crippen molar-refractivity contribution in [1.29, 1.82) is 0 Å². The number of para-hydroxylation sites is 3. The topological polar surface area (TPSA) is 36.3 Å². The van der Waals surface area contributed by atoms with Crippen LogP contribution in [0.2, 0.25) is 0 Å². The number of hydrogen-bond acceptors (Lipinski definition) is 3. The molecule has 25 heavy (non-hydrogen) atoms. The average molecular weight is 338 g/mol. The molecule has 0 aliphatic heterocycles. The van der Waals surface area contributed by atoms with Crippen molar-refractivity contribution in [3.8, 4) is 5.75 Å². The van der Waals surface area contributed by atoms with E-state index < -0.39 is 0 Å². The lowest BCUT2D eigenvalue weighted by Gasteiger charge is -2.22. The highest BCUT2D eigenvalue weighted by molar-refractivity contribution is 5.74. The number of nitrogens with zero attached hydrogens (tertiary/aromatic N) is 2. The highest BCUT2D eigenvalue weighted by atomic mass is 16.5. The van der Waals surface area contributed by atoms with Gasteiger partial charge in [0.25, 0.3) is 0 Å². The molecular weight excluding hydrogens is 312 g/mol. The van der Waals surface area contributed by atoms with E-state index in [9.17, 15) is 0 Å². The van der Waals surface area contributed by atoms with E-state index in [0.29, 0.717) is 19.8 Å². The summed E-state index contributed by atoms with van der Waals surface area (Å²) in [7, 11) is 0. The Morgan fingerprint density at radius 2 is 1.68 bits per heavy atom. The molecule has 0 bridgehead atoms. The van der Waals surface area contributed by atoms with Crippen LogP contribution in [0.1, 0.15) is 26.3 Å². The quantitative estimate of drug-likeness (QED) is 0.598. The molecule has 4 heteroatoms. The summed E-state index contributed by atoms with van der Waals surface area (Å²) in [5.41, 5.74) is 3.45. The van der Waals surface area contributed by atoms with Gasteiger partial charge in [0.1, 0.15) is 12.4 Å². The first kappa shape index (κ1) is 17.5. The summed E-state index contributed by atoms with van der Waals surface area (Å²) in [6.45, 7) is 9.15. The van der Waals surface area contributed by atoms with Crippen LogP contribution in [0.3, 0.4) is 0 Å². The Balaban J connectivity index is 1.44. The molecule has 3 aromatic rings. The average Bonchev–Trinajstić information content (AvgIpc) is 3.01. The van der Waals surface area contributed by atoms with Gasteiger partial charge in [0, 0.05) is 6.54 Å². The second kappa shape index (κ2) is 7.70. The van der Waals surface area contributed by atoms with Gasteiger partial charge in [-0.05, 0) is 29.2 Å². The highest BCUT2D eigenvalue weighted by Crippen LogP contribution is 2.30. The zero-order chi connectivity index (χ0) is 17.7. The van der Waals surface area contributed by atoms with Crippen LogP contribution in [-0.2, 0) is 16.7 Å². The number of imidazole rings is 1. The van der Waals surface area contributed by atoms with Crippen molar-refractivity contribution in [2.75, 3.05) is 19.8 Å². The number of fused-ring (bicyclic) bond motifs is 1. The fourth-order valence-electron chi connectivity index (χ4n) is 2.88. The largest absolute Gasteiger partial charge is 0.491 e. The van der Waals surface area contributed by atoms with Gasteiger partial charge in [0.2, 0.25) is 0 Å². The van der Waals surface area contributed by atoms with Crippen LogP contribution in [0.15, 0.2) is 54.9 Å². The maximum atomic E-state index is 5.93. The SMILES string of the molecule is CC(C)(C)c1ccccc1OCCOCCn1cnc2ccccc21. The summed E-state index contributed by atoms with van der Waals surface area (Å²) in [5.74, 6) is 0.944. The number of aromatic nitrogens is 2. The predicted molar refractivity (Wildman–Crippen MR) is 101 cm³/mol. The molecule has 0 saturated carbocycles. The van der Waals surface area contributed by atoms with E-state index in [1.165, 1.54) is 5.56 Å². The number of benzene rings is 2. The lowest BCUT2D eigenvalue weighted by atomic mass is 9.86. The predicted octanol–water partition coefficient (Wildman–Crippen LogP) is 4.43. The number of rotatable bonds is 7. The monoisotopic (exact) mass is 338 g/mol. The first-order valence-electron chi connectivity index (χ1n) is 8.75. The van der Waals surface area contributed by atoms with E-state index in [2.05, 4.69) is 48.5 Å². The molecule has 0 atom stereocenters. The zero-order valence-electron chi connectivity index (χ0n) is 15.2. The lowest BCUT2D eigenvalue weighted by molar-refractivity contribution is 0.0942. The van der Waals surface area contributed by atoms with Crippen LogP contribution < -0.4 is 4.74 Å². The van der Waals surface area contributed by atoms with Gasteiger partial charge in [-0.2, -0.15) is 0 Å². The zero-order valence-corrected chi connectivity index (χ0v) is 15.2. The second-order valence-electron chi connectivity index (χ2n) is 7.13. The van der Waals surface area contributed by atoms with E-state index >= 15 is 0 Å². The molecular formula is C21H26N2O2. The van der Waals surface area contributed by atoms with Crippen molar-refractivity contribution in [2.24, 2.45) is 0 Å². The Kier molecular flexibility index (Phi) is 5.39. The first-order chi connectivity index (χ1) is 12.1. The van der Waals surface area contributed by atoms with E-state index in [-0.39, 0.29) is 5.41 Å². The summed E-state index contributed by atoms with van der Waals surface area (Å²) in [5, 5.41) is 0. The second-order valence-corrected chi connectivity index (χ2v) is 7.13. The molecule has 3 rings (SSSR count). The van der Waals surface area contributed by atoms with Gasteiger partial charge in [-0.15, -0.1) is 0 Å². The van der Waals surface area contributed by atoms with Gasteiger partial charge in [0.05, 0.1) is 30.6 Å². The molecule has 132 valence electrons. The molecule has 1 heterocycles. The molecule has 0 saturated heterocycles. The minimum atomic E-state index is 0.0694. The Morgan fingerprint density at radius 1 is 0.920 bits per heavy atom. The fourth-order valence-corrected chi connectivity index (χ4v) is 2.88. The summed E-state index contributed by atoms with van der Waals surface area (Å²) in [4.78, 5) is 4.39. The van der Waals surface area contributed by atoms with Crippen molar-refractivity contribution >= 4 is 11.0 Å². The van der Waals surface area contributed by atoms with Crippen molar-refractivity contribution in [3.05, 3.63) is 60.4 Å². The van der Waals surface area contributed by atoms with E-state index in [1.54, 1.807) is 0 Å². The number of hydrogen-bond donors (Lipinski definition) is 0. The summed E-state index contributed by atoms with van der Waals surface area (Å²) in [6.07, 6.45) is 1.87. The summed E-state index contributed by atoms with van der Waals surface area (Å²) >= 11 is 0. The molecule has 0 aliphatic rings. The molecule has 2 aromatic carbocycles. The molecule has 4 nitrogen and oxygen atoms in total. The van der Waals surface area contributed by atoms with Gasteiger partial charge in [0.15, 0.2) is 0 Å². The van der Waals surface area contributed by atoms with Crippen LogP contribution >= 0.6 is 0 Å². The third-order valence-electron chi connectivity index (χ3n) is 4.18. The first-order valence-corrected chi connectivity index (χ1v) is 8.75. The maximum Gasteiger partial charge on any atom is 0.123 e. The Bertz CT molecular complexity index is 818. The van der Waals surface area contributed by atoms with E-state index in [4.69, 9.17) is 9.47 Å². The van der Waals surface area contributed by atoms with E-state index in [0.717, 1.165) is 23.3 Å². The minimum Gasteiger partial charge on any atom is -0.491 e. The highest BCUT2D eigenvalue weighted by Gasteiger charge is 2.18. The maximum absolute atomic E-state index is 5.93. The van der Waals surface area contributed by atoms with E-state index in [1.807, 2.05) is 36.7 Å². The van der Waals surface area contributed by atoms with Crippen LogP contribution in [0.5, 0.6) is 5.75 Å². The van der Waals surface area contributed by atoms with Crippen molar-refractivity contribution in [3.63, 3.8) is 0 Å². The van der Waals surface area contributed by atoms with Crippen LogP contribution in [-0.4, -0.2) is 29.4 Å². The molecule has 0 spiro atoms. The van der Waals surface area contributed by atoms with Gasteiger partial charge in [-0.3, -0.25) is 0 Å². The van der Waals surface area contributed by atoms with Crippen LogP contribution in [0, 0.1) is 0 Å². The molecule has 0 aliphatic carbocycles. The Hall–Kier alpha value is -2.33. The third-order valence-corrected chi connectivity index (χ3v) is 4.18. The van der Waals surface area contributed by atoms with Gasteiger partial charge >= 0.3 is 0 Å². The third kappa shape index (κ3) is 4.40. The summed E-state index contributed by atoms with van der Waals surface area (Å²) < 4.78 is 13.8. The van der Waals surface area contributed by atoms with Crippen molar-refractivity contribution < 1.29 is 9.47 Å². The molecule has 0 N–H and O–H groups in total. The minimum absolute atomic E-state index is 0.0694. The Morgan fingerprint density at radius 3 is 2.52 bits per heavy atom. The summed E-state index contributed by atoms with van der Waals surface area (Å²) in [6, 6.07) is 16.3. The standard InChI is InChI=1S/C21H26N2O2/c1-21(2,3)17-8-4-7-11-20(17)25-15-14-24-13-12-23-16-22-18-9-5-6-10-19(18)23/h4-11,16H,12-15H2,1-3H3. The molecule has 0 radical (unpaired) electrons. The normalized spacial score (nSPS) is 11.8.